The van der Waals surface area contributed by atoms with E-state index in [1.807, 2.05) is 24.3 Å². The molecule has 0 spiro atoms. The first-order valence-electron chi connectivity index (χ1n) is 15.0. The molecule has 6 nitrogen and oxygen atoms in total. The van der Waals surface area contributed by atoms with Gasteiger partial charge in [-0.3, -0.25) is 14.5 Å². The van der Waals surface area contributed by atoms with Gasteiger partial charge in [0.25, 0.3) is 0 Å². The molecule has 2 aliphatic rings. The van der Waals surface area contributed by atoms with E-state index in [0.29, 0.717) is 32.8 Å². The van der Waals surface area contributed by atoms with Gasteiger partial charge in [0.1, 0.15) is 6.61 Å². The van der Waals surface area contributed by atoms with Gasteiger partial charge in [-0.2, -0.15) is 13.2 Å². The number of allylic oxidation sites excluding steroid dienone is 1. The Labute approximate surface area is 279 Å². The van der Waals surface area contributed by atoms with Gasteiger partial charge in [-0.15, -0.1) is 0 Å². The molecule has 0 saturated heterocycles. The average molecular weight is 682 g/mol. The van der Waals surface area contributed by atoms with Crippen molar-refractivity contribution in [1.29, 1.82) is 0 Å². The summed E-state index contributed by atoms with van der Waals surface area (Å²) >= 11 is 12.1. The van der Waals surface area contributed by atoms with Crippen molar-refractivity contribution in [2.45, 2.75) is 44.5 Å². The lowest BCUT2D eigenvalue weighted by Gasteiger charge is -2.35. The zero-order valence-corrected chi connectivity index (χ0v) is 26.6. The highest BCUT2D eigenvalue weighted by atomic mass is 35.5. The molecule has 1 N–H and O–H groups in total. The molecular weight excluding hydrogens is 652 g/mol. The van der Waals surface area contributed by atoms with Crippen molar-refractivity contribution < 1.29 is 32.2 Å². The monoisotopic (exact) mass is 680 g/mol. The number of Topliss-reactive ketones (excluding diaryl/α,β-unsaturated/α-hetero) is 1. The molecule has 0 saturated carbocycles. The molecule has 2 unspecified atom stereocenters. The minimum Gasteiger partial charge on any atom is -0.490 e. The van der Waals surface area contributed by atoms with E-state index < -0.39 is 18.1 Å². The summed E-state index contributed by atoms with van der Waals surface area (Å²) < 4.78 is 55.0. The SMILES string of the molecule is CCOc1cc(C2C3=C(CC(c4ccc(Cl)cc4)CC3=O)Nc3ccccc3N2C(=O)C(F)(F)F)ccc1OCc1ccc(Cl)cc1. The number of alkyl halides is 3. The van der Waals surface area contributed by atoms with Crippen LogP contribution >= 0.6 is 23.2 Å². The van der Waals surface area contributed by atoms with Gasteiger partial charge < -0.3 is 14.8 Å². The van der Waals surface area contributed by atoms with Crippen molar-refractivity contribution in [3.63, 3.8) is 0 Å². The molecule has 47 heavy (non-hydrogen) atoms. The van der Waals surface area contributed by atoms with Crippen molar-refractivity contribution in [2.75, 3.05) is 16.8 Å². The van der Waals surface area contributed by atoms with Crippen LogP contribution in [0.15, 0.2) is 102 Å². The zero-order chi connectivity index (χ0) is 33.3. The summed E-state index contributed by atoms with van der Waals surface area (Å²) in [7, 11) is 0. The maximum atomic E-state index is 14.4. The predicted molar refractivity (Wildman–Crippen MR) is 175 cm³/mol. The summed E-state index contributed by atoms with van der Waals surface area (Å²) in [5.74, 6) is -2.13. The van der Waals surface area contributed by atoms with E-state index in [4.69, 9.17) is 32.7 Å². The number of carbonyl (C=O) groups is 2. The third kappa shape index (κ3) is 6.82. The molecule has 11 heteroatoms. The highest BCUT2D eigenvalue weighted by molar-refractivity contribution is 6.30. The number of anilines is 2. The molecule has 2 atom stereocenters. The molecule has 0 fully saturated rings. The first kappa shape index (κ1) is 32.5. The van der Waals surface area contributed by atoms with Crippen LogP contribution in [0.25, 0.3) is 0 Å². The molecule has 242 valence electrons. The Balaban J connectivity index is 1.48. The summed E-state index contributed by atoms with van der Waals surface area (Å²) in [6, 6.07) is 23.8. The Morgan fingerprint density at radius 1 is 0.872 bits per heavy atom. The summed E-state index contributed by atoms with van der Waals surface area (Å²) in [5.41, 5.74) is 2.76. The summed E-state index contributed by atoms with van der Waals surface area (Å²) in [5, 5.41) is 4.36. The Morgan fingerprint density at radius 2 is 1.53 bits per heavy atom. The fourth-order valence-electron chi connectivity index (χ4n) is 6.06. The Morgan fingerprint density at radius 3 is 2.21 bits per heavy atom. The largest absolute Gasteiger partial charge is 0.490 e. The van der Waals surface area contributed by atoms with Crippen molar-refractivity contribution in [2.24, 2.45) is 0 Å². The number of carbonyl (C=O) groups excluding carboxylic acids is 2. The number of hydrogen-bond acceptors (Lipinski definition) is 5. The normalized spacial score (nSPS) is 17.7. The van der Waals surface area contributed by atoms with E-state index in [1.54, 1.807) is 67.6 Å². The number of ketones is 1. The van der Waals surface area contributed by atoms with Crippen LogP contribution in [-0.2, 0) is 16.2 Å². The maximum Gasteiger partial charge on any atom is 0.471 e. The van der Waals surface area contributed by atoms with Crippen molar-refractivity contribution in [3.8, 4) is 11.5 Å². The van der Waals surface area contributed by atoms with Crippen LogP contribution in [0, 0.1) is 0 Å². The molecule has 4 aromatic rings. The van der Waals surface area contributed by atoms with Crippen LogP contribution in [0.4, 0.5) is 24.5 Å². The number of ether oxygens (including phenoxy) is 2. The van der Waals surface area contributed by atoms with Crippen LogP contribution in [0.5, 0.6) is 11.5 Å². The minimum atomic E-state index is -5.23. The Hall–Kier alpha value is -4.47. The van der Waals surface area contributed by atoms with Crippen LogP contribution in [-0.4, -0.2) is 24.5 Å². The van der Waals surface area contributed by atoms with Gasteiger partial charge in [0.15, 0.2) is 17.3 Å². The second kappa shape index (κ2) is 13.3. The van der Waals surface area contributed by atoms with Gasteiger partial charge in [-0.1, -0.05) is 65.7 Å². The van der Waals surface area contributed by atoms with E-state index in [-0.39, 0.29) is 59.6 Å². The van der Waals surface area contributed by atoms with Crippen LogP contribution in [0.3, 0.4) is 0 Å². The first-order valence-corrected chi connectivity index (χ1v) is 15.7. The van der Waals surface area contributed by atoms with Crippen molar-refractivity contribution in [3.05, 3.63) is 129 Å². The Kier molecular flexibility index (Phi) is 9.21. The van der Waals surface area contributed by atoms with Gasteiger partial charge in [-0.05, 0) is 84.5 Å². The zero-order valence-electron chi connectivity index (χ0n) is 25.1. The van der Waals surface area contributed by atoms with Gasteiger partial charge in [-0.25, -0.2) is 0 Å². The topological polar surface area (TPSA) is 67.9 Å². The number of nitrogens with one attached hydrogen (secondary N) is 1. The van der Waals surface area contributed by atoms with Crippen LogP contribution < -0.4 is 19.7 Å². The smallest absolute Gasteiger partial charge is 0.471 e. The number of halogens is 5. The van der Waals surface area contributed by atoms with Crippen molar-refractivity contribution in [1.82, 2.24) is 0 Å². The lowest BCUT2D eigenvalue weighted by atomic mass is 9.78. The van der Waals surface area contributed by atoms with Gasteiger partial charge in [0, 0.05) is 27.7 Å². The molecule has 1 amide bonds. The van der Waals surface area contributed by atoms with E-state index in [9.17, 15) is 22.8 Å². The quantitative estimate of drug-likeness (QED) is 0.211. The first-order chi connectivity index (χ1) is 22.5. The highest BCUT2D eigenvalue weighted by Gasteiger charge is 2.50. The number of amides is 1. The number of rotatable bonds is 7. The van der Waals surface area contributed by atoms with E-state index >= 15 is 0 Å². The molecule has 6 rings (SSSR count). The number of benzene rings is 4. The van der Waals surface area contributed by atoms with Gasteiger partial charge >= 0.3 is 12.1 Å². The lowest BCUT2D eigenvalue weighted by Crippen LogP contribution is -2.45. The van der Waals surface area contributed by atoms with Gasteiger partial charge in [0.2, 0.25) is 0 Å². The fourth-order valence-corrected chi connectivity index (χ4v) is 6.31. The molecule has 1 heterocycles. The molecule has 0 bridgehead atoms. The molecule has 1 aliphatic carbocycles. The number of para-hydroxylation sites is 2. The minimum absolute atomic E-state index is 0.00825. The number of nitrogens with zero attached hydrogens (tertiary/aromatic N) is 1. The van der Waals surface area contributed by atoms with E-state index in [1.165, 1.54) is 6.07 Å². The average Bonchev–Trinajstić information content (AvgIpc) is 3.19. The number of hydrogen-bond donors (Lipinski definition) is 1. The van der Waals surface area contributed by atoms with E-state index in [2.05, 4.69) is 5.32 Å². The van der Waals surface area contributed by atoms with Crippen LogP contribution in [0.2, 0.25) is 10.0 Å². The molecule has 1 aliphatic heterocycles. The maximum absolute atomic E-state index is 14.4. The number of fused-ring (bicyclic) bond motifs is 1. The lowest BCUT2D eigenvalue weighted by molar-refractivity contribution is -0.170. The second-order valence-corrected chi connectivity index (χ2v) is 12.1. The summed E-state index contributed by atoms with van der Waals surface area (Å²) in [4.78, 5) is 28.1. The predicted octanol–water partition coefficient (Wildman–Crippen LogP) is 9.43. The Bertz CT molecular complexity index is 1840. The van der Waals surface area contributed by atoms with Crippen LogP contribution in [0.1, 0.15) is 48.4 Å². The molecular formula is C36H29Cl2F3N2O4. The third-order valence-corrected chi connectivity index (χ3v) is 8.69. The molecule has 4 aromatic carbocycles. The highest BCUT2D eigenvalue weighted by Crippen LogP contribution is 2.49. The third-order valence-electron chi connectivity index (χ3n) is 8.18. The van der Waals surface area contributed by atoms with E-state index in [0.717, 1.165) is 11.1 Å². The second-order valence-electron chi connectivity index (χ2n) is 11.2. The van der Waals surface area contributed by atoms with Gasteiger partial charge in [0.05, 0.1) is 24.0 Å². The van der Waals surface area contributed by atoms with Crippen molar-refractivity contribution >= 4 is 46.3 Å². The molecule has 0 aromatic heterocycles. The fraction of sp³-hybridized carbons (Fsp3) is 0.222. The summed E-state index contributed by atoms with van der Waals surface area (Å²) in [6.45, 7) is 2.18. The standard InChI is InChI=1S/C36H29Cl2F3N2O4/c1-2-46-32-19-23(11-16-31(32)47-20-21-7-12-25(37)13-8-21)34-33-28(17-24(18-30(33)44)22-9-14-26(38)15-10-22)42-27-5-3-4-6-29(27)43(34)35(45)36(39,40)41/h3-16,19,24,34,42H,2,17-18,20H2,1H3. The summed E-state index contributed by atoms with van der Waals surface area (Å²) in [6.07, 6.45) is -4.88. The molecule has 0 radical (unpaired) electrons.